The highest BCUT2D eigenvalue weighted by Gasteiger charge is 2.72. The van der Waals surface area contributed by atoms with Gasteiger partial charge in [-0.25, -0.2) is 8.42 Å². The van der Waals surface area contributed by atoms with Crippen molar-refractivity contribution >= 4 is 21.8 Å². The molecule has 12 atom stereocenters. The number of hydrogen-bond acceptors (Lipinski definition) is 8. The summed E-state index contributed by atoms with van der Waals surface area (Å²) in [6.07, 6.45) is 13.3. The Kier molecular flexibility index (Phi) is 10.2. The van der Waals surface area contributed by atoms with Crippen molar-refractivity contribution in [2.45, 2.75) is 170 Å². The molecular formula is C44H74N2O7S. The monoisotopic (exact) mass is 775 g/mol. The standard InChI is InChI=1S/C44H74N2O7S/c1-28(47)31(46-22-24-54(51,52)25-23-46)27-45-44-17-12-29(40(6)18-19-40)36(44)30-10-11-33-41(7)15-14-34(53-35(48)26-38(2,3)37(49)50)39(4,5)32(41)13-16-43(33,9)42(30,8)20-21-44/h28-34,36,45,47H,10-27H2,1-9H3,(H,49,50)/t28-,29-,30-,31-,32+,33-,34+,36-,41+,42-,43-,44+/m1/s1. The smallest absolute Gasteiger partial charge is 0.309 e. The van der Waals surface area contributed by atoms with Gasteiger partial charge in [0.1, 0.15) is 6.10 Å². The lowest BCUT2D eigenvalue weighted by Crippen LogP contribution is -2.69. The summed E-state index contributed by atoms with van der Waals surface area (Å²) >= 11 is 0. The minimum atomic E-state index is -2.99. The molecule has 9 nitrogen and oxygen atoms in total. The number of nitrogens with one attached hydrogen (secondary N) is 1. The van der Waals surface area contributed by atoms with Gasteiger partial charge in [0, 0.05) is 36.6 Å². The van der Waals surface area contributed by atoms with Crippen molar-refractivity contribution in [2.24, 2.45) is 62.1 Å². The van der Waals surface area contributed by atoms with E-state index >= 15 is 0 Å². The number of esters is 1. The van der Waals surface area contributed by atoms with Crippen LogP contribution in [0.3, 0.4) is 0 Å². The summed E-state index contributed by atoms with van der Waals surface area (Å²) in [7, 11) is -2.99. The fourth-order valence-corrected chi connectivity index (χ4v) is 16.3. The Bertz CT molecular complexity index is 1580. The van der Waals surface area contributed by atoms with E-state index in [9.17, 15) is 28.2 Å². The van der Waals surface area contributed by atoms with Gasteiger partial charge in [-0.1, -0.05) is 41.5 Å². The summed E-state index contributed by atoms with van der Waals surface area (Å²) < 4.78 is 30.8. The van der Waals surface area contributed by atoms with Crippen LogP contribution in [0.1, 0.15) is 146 Å². The molecule has 6 saturated carbocycles. The number of aliphatic hydroxyl groups excluding tert-OH is 1. The molecule has 0 aromatic heterocycles. The van der Waals surface area contributed by atoms with Crippen LogP contribution in [0.5, 0.6) is 0 Å². The van der Waals surface area contributed by atoms with Crippen LogP contribution in [-0.2, 0) is 24.2 Å². The molecule has 0 bridgehead atoms. The van der Waals surface area contributed by atoms with Crippen molar-refractivity contribution in [1.29, 1.82) is 0 Å². The number of aliphatic hydroxyl groups is 1. The zero-order valence-electron chi connectivity index (χ0n) is 35.1. The molecule has 1 aliphatic heterocycles. The second-order valence-corrected chi connectivity index (χ2v) is 24.5. The van der Waals surface area contributed by atoms with Gasteiger partial charge in [-0.15, -0.1) is 0 Å². The molecule has 54 heavy (non-hydrogen) atoms. The molecule has 10 heteroatoms. The molecule has 0 aromatic carbocycles. The van der Waals surface area contributed by atoms with E-state index in [1.807, 2.05) is 6.92 Å². The number of fused-ring (bicyclic) bond motifs is 7. The van der Waals surface area contributed by atoms with Gasteiger partial charge in [-0.2, -0.15) is 0 Å². The van der Waals surface area contributed by atoms with Crippen LogP contribution in [0.2, 0.25) is 0 Å². The maximum absolute atomic E-state index is 13.1. The number of aliphatic carboxylic acids is 1. The van der Waals surface area contributed by atoms with Gasteiger partial charge >= 0.3 is 11.9 Å². The molecule has 6 aliphatic carbocycles. The van der Waals surface area contributed by atoms with Crippen LogP contribution < -0.4 is 5.32 Å². The number of carbonyl (C=O) groups excluding carboxylic acids is 1. The SMILES string of the molecule is C[C@@H](O)[C@@H](CN[C@]12CC[C@@H](C3(C)CC3)[C@@H]1[C@H]1CC[C@@H]3[C@@]4(C)CC[C@H](OC(=O)CC(C)(C)C(=O)O)C(C)(C)[C@@H]4CC[C@@]3(C)[C@]1(C)CC2)N1CCS(=O)(=O)CC1. The van der Waals surface area contributed by atoms with E-state index in [-0.39, 0.29) is 57.3 Å². The minimum absolute atomic E-state index is 0.0544. The molecule has 0 aromatic rings. The molecule has 0 amide bonds. The molecule has 1 saturated heterocycles. The molecule has 7 fully saturated rings. The number of sulfone groups is 1. The molecule has 0 radical (unpaired) electrons. The predicted molar refractivity (Wildman–Crippen MR) is 211 cm³/mol. The Morgan fingerprint density at radius 2 is 1.50 bits per heavy atom. The molecule has 7 rings (SSSR count). The Morgan fingerprint density at radius 3 is 2.11 bits per heavy atom. The first-order valence-electron chi connectivity index (χ1n) is 21.8. The first-order valence-corrected chi connectivity index (χ1v) is 23.6. The molecule has 0 unspecified atom stereocenters. The Hall–Kier alpha value is -1.23. The topological polar surface area (TPSA) is 133 Å². The fourth-order valence-electron chi connectivity index (χ4n) is 15.0. The molecule has 308 valence electrons. The third-order valence-electron chi connectivity index (χ3n) is 18.8. The first kappa shape index (κ1) is 40.9. The summed E-state index contributed by atoms with van der Waals surface area (Å²) in [5.41, 5.74) is -0.296. The first-order chi connectivity index (χ1) is 24.9. The van der Waals surface area contributed by atoms with Gasteiger partial charge in [0.05, 0.1) is 29.4 Å². The minimum Gasteiger partial charge on any atom is -0.481 e. The number of carboxylic acid groups (broad SMARTS) is 1. The number of nitrogens with zero attached hydrogens (tertiary/aromatic N) is 1. The van der Waals surface area contributed by atoms with Crippen molar-refractivity contribution in [1.82, 2.24) is 10.2 Å². The largest absolute Gasteiger partial charge is 0.481 e. The third-order valence-corrected chi connectivity index (χ3v) is 20.4. The number of rotatable bonds is 10. The lowest BCUT2D eigenvalue weighted by molar-refractivity contribution is -0.248. The van der Waals surface area contributed by atoms with Crippen molar-refractivity contribution in [3.8, 4) is 0 Å². The van der Waals surface area contributed by atoms with Crippen LogP contribution in [0, 0.1) is 62.1 Å². The zero-order chi connectivity index (χ0) is 39.5. The lowest BCUT2D eigenvalue weighted by atomic mass is 9.32. The Balaban J connectivity index is 1.13. The van der Waals surface area contributed by atoms with E-state index in [0.717, 1.165) is 25.7 Å². The summed E-state index contributed by atoms with van der Waals surface area (Å²) in [6.45, 7) is 21.9. The average molecular weight is 775 g/mol. The predicted octanol–water partition coefficient (Wildman–Crippen LogP) is 7.10. The summed E-state index contributed by atoms with van der Waals surface area (Å²) in [6, 6.07) is -0.0932. The van der Waals surface area contributed by atoms with Gasteiger partial charge < -0.3 is 20.3 Å². The third kappa shape index (κ3) is 6.44. The molecule has 3 N–H and O–H groups in total. The van der Waals surface area contributed by atoms with Gasteiger partial charge in [-0.3, -0.25) is 14.5 Å². The summed E-state index contributed by atoms with van der Waals surface area (Å²) in [4.78, 5) is 27.1. The summed E-state index contributed by atoms with van der Waals surface area (Å²) in [5, 5.41) is 24.9. The summed E-state index contributed by atoms with van der Waals surface area (Å²) in [5.74, 6) is 1.97. The highest BCUT2D eigenvalue weighted by Crippen LogP contribution is 2.77. The van der Waals surface area contributed by atoms with Gasteiger partial charge in [-0.05, 0) is 149 Å². The van der Waals surface area contributed by atoms with Crippen molar-refractivity contribution in [3.63, 3.8) is 0 Å². The van der Waals surface area contributed by atoms with Crippen molar-refractivity contribution in [2.75, 3.05) is 31.1 Å². The second kappa shape index (κ2) is 13.4. The molecule has 1 heterocycles. The lowest BCUT2D eigenvalue weighted by Gasteiger charge is -2.73. The second-order valence-electron chi connectivity index (χ2n) is 22.2. The highest BCUT2D eigenvalue weighted by atomic mass is 32.2. The van der Waals surface area contributed by atoms with Crippen LogP contribution in [0.25, 0.3) is 0 Å². The van der Waals surface area contributed by atoms with Gasteiger partial charge in [0.15, 0.2) is 9.84 Å². The maximum Gasteiger partial charge on any atom is 0.309 e. The Labute approximate surface area is 326 Å². The number of carboxylic acids is 1. The van der Waals surface area contributed by atoms with E-state index in [1.54, 1.807) is 13.8 Å². The van der Waals surface area contributed by atoms with Crippen LogP contribution >= 0.6 is 0 Å². The maximum atomic E-state index is 13.1. The van der Waals surface area contributed by atoms with E-state index in [4.69, 9.17) is 4.74 Å². The van der Waals surface area contributed by atoms with Gasteiger partial charge in [0.2, 0.25) is 0 Å². The number of hydrogen-bond donors (Lipinski definition) is 3. The van der Waals surface area contributed by atoms with E-state index in [2.05, 4.69) is 51.8 Å². The zero-order valence-corrected chi connectivity index (χ0v) is 36.0. The van der Waals surface area contributed by atoms with Crippen LogP contribution in [-0.4, -0.2) is 90.4 Å². The van der Waals surface area contributed by atoms with Crippen molar-refractivity contribution in [3.05, 3.63) is 0 Å². The fraction of sp³-hybridized carbons (Fsp3) is 0.955. The van der Waals surface area contributed by atoms with E-state index in [1.165, 1.54) is 51.4 Å². The van der Waals surface area contributed by atoms with Crippen LogP contribution in [0.4, 0.5) is 0 Å². The van der Waals surface area contributed by atoms with E-state index in [0.29, 0.717) is 54.6 Å². The highest BCUT2D eigenvalue weighted by molar-refractivity contribution is 7.91. The average Bonchev–Trinajstić information content (AvgIpc) is 3.69. The number of ether oxygens (including phenoxy) is 1. The van der Waals surface area contributed by atoms with E-state index < -0.39 is 33.3 Å². The molecule has 7 aliphatic rings. The molecular weight excluding hydrogens is 701 g/mol. The molecule has 0 spiro atoms. The van der Waals surface area contributed by atoms with Crippen molar-refractivity contribution < 1.29 is 33.0 Å². The Morgan fingerprint density at radius 1 is 0.833 bits per heavy atom. The van der Waals surface area contributed by atoms with Crippen LogP contribution in [0.15, 0.2) is 0 Å². The normalized spacial score (nSPS) is 44.8. The van der Waals surface area contributed by atoms with Gasteiger partial charge in [0.25, 0.3) is 0 Å². The number of carbonyl (C=O) groups is 2. The quantitative estimate of drug-likeness (QED) is 0.199.